The second kappa shape index (κ2) is 7.81. The molecule has 5 aromatic rings. The number of anilines is 1. The van der Waals surface area contributed by atoms with E-state index in [0.717, 1.165) is 31.9 Å². The second-order valence-corrected chi connectivity index (χ2v) is 8.47. The van der Waals surface area contributed by atoms with Crippen LogP contribution in [-0.4, -0.2) is 28.0 Å². The van der Waals surface area contributed by atoms with E-state index in [-0.39, 0.29) is 5.91 Å². The maximum absolute atomic E-state index is 13.5. The zero-order chi connectivity index (χ0) is 20.5. The molecule has 148 valence electrons. The van der Waals surface area contributed by atoms with Gasteiger partial charge >= 0.3 is 0 Å². The number of fused-ring (bicyclic) bond motifs is 2. The number of pyridine rings is 1. The molecule has 0 saturated carbocycles. The van der Waals surface area contributed by atoms with Gasteiger partial charge in [-0.3, -0.25) is 14.7 Å². The number of aromatic nitrogens is 3. The Morgan fingerprint density at radius 3 is 2.77 bits per heavy atom. The number of hydrogen-bond donors (Lipinski definition) is 0. The topological polar surface area (TPSA) is 68.2 Å². The molecule has 30 heavy (non-hydrogen) atoms. The zero-order valence-corrected chi connectivity index (χ0v) is 17.6. The van der Waals surface area contributed by atoms with Gasteiger partial charge in [0.15, 0.2) is 5.13 Å². The summed E-state index contributed by atoms with van der Waals surface area (Å²) in [5.41, 5.74) is 4.89. The van der Waals surface area contributed by atoms with Crippen molar-refractivity contribution in [2.75, 3.05) is 12.0 Å². The number of rotatable bonds is 5. The van der Waals surface area contributed by atoms with E-state index in [1.165, 1.54) is 22.7 Å². The Bertz CT molecular complexity index is 1350. The molecular weight excluding hydrogens is 416 g/mol. The van der Waals surface area contributed by atoms with Crippen LogP contribution in [-0.2, 0) is 6.54 Å². The van der Waals surface area contributed by atoms with Gasteiger partial charge < -0.3 is 4.74 Å². The number of nitrogens with zero attached hydrogens (tertiary/aromatic N) is 4. The van der Waals surface area contributed by atoms with Gasteiger partial charge in [0.25, 0.3) is 5.91 Å². The van der Waals surface area contributed by atoms with E-state index in [1.807, 2.05) is 54.6 Å². The minimum atomic E-state index is -0.123. The zero-order valence-electron chi connectivity index (χ0n) is 16.0. The highest BCUT2D eigenvalue weighted by Gasteiger charge is 2.23. The summed E-state index contributed by atoms with van der Waals surface area (Å²) in [6.07, 6.45) is 1.73. The van der Waals surface area contributed by atoms with Crippen molar-refractivity contribution in [3.05, 3.63) is 77.6 Å². The van der Waals surface area contributed by atoms with E-state index in [0.29, 0.717) is 17.2 Å². The predicted octanol–water partition coefficient (Wildman–Crippen LogP) is 5.16. The molecule has 3 aromatic heterocycles. The molecule has 0 fully saturated rings. The number of methoxy groups -OCH3 is 1. The van der Waals surface area contributed by atoms with Crippen molar-refractivity contribution in [3.63, 3.8) is 0 Å². The number of carbonyl (C=O) groups excluding carboxylic acids is 1. The molecule has 0 unspecified atom stereocenters. The van der Waals surface area contributed by atoms with E-state index < -0.39 is 0 Å². The van der Waals surface area contributed by atoms with E-state index in [2.05, 4.69) is 9.97 Å². The molecule has 1 amide bonds. The summed E-state index contributed by atoms with van der Waals surface area (Å²) in [6.45, 7) is 0.331. The summed E-state index contributed by atoms with van der Waals surface area (Å²) in [5, 5.41) is 0.623. The number of hydrogen-bond acceptors (Lipinski definition) is 7. The maximum atomic E-state index is 13.5. The van der Waals surface area contributed by atoms with Gasteiger partial charge in [-0.1, -0.05) is 17.4 Å². The van der Waals surface area contributed by atoms with Crippen molar-refractivity contribution >= 4 is 54.1 Å². The Morgan fingerprint density at radius 2 is 1.93 bits per heavy atom. The van der Waals surface area contributed by atoms with Crippen molar-refractivity contribution in [2.24, 2.45) is 0 Å². The van der Waals surface area contributed by atoms with Crippen LogP contribution in [0.15, 0.2) is 66.3 Å². The molecule has 0 saturated heterocycles. The van der Waals surface area contributed by atoms with Gasteiger partial charge in [0.2, 0.25) is 0 Å². The average molecular weight is 433 g/mol. The first-order valence-corrected chi connectivity index (χ1v) is 10.9. The predicted molar refractivity (Wildman–Crippen MR) is 121 cm³/mol. The molecule has 0 bridgehead atoms. The Labute approximate surface area is 180 Å². The molecule has 0 N–H and O–H groups in total. The lowest BCUT2D eigenvalue weighted by atomic mass is 10.2. The summed E-state index contributed by atoms with van der Waals surface area (Å²) in [4.78, 5) is 28.6. The molecule has 2 aromatic carbocycles. The normalized spacial score (nSPS) is 11.1. The first-order valence-electron chi connectivity index (χ1n) is 9.21. The van der Waals surface area contributed by atoms with E-state index in [1.54, 1.807) is 23.7 Å². The lowest BCUT2D eigenvalue weighted by Gasteiger charge is -2.19. The number of carbonyl (C=O) groups is 1. The maximum Gasteiger partial charge on any atom is 0.260 e. The first-order chi connectivity index (χ1) is 14.7. The standard InChI is InChI=1S/C22H16N4O2S2/c1-28-16-6-8-18-20(11-16)30-22(25-18)26(12-15-4-2-3-9-23-15)21(27)14-5-7-17-19(10-14)29-13-24-17/h2-11,13H,12H2,1H3. The van der Waals surface area contributed by atoms with E-state index in [9.17, 15) is 4.79 Å². The van der Waals surface area contributed by atoms with Gasteiger partial charge in [-0.2, -0.15) is 0 Å². The van der Waals surface area contributed by atoms with Gasteiger partial charge in [0, 0.05) is 11.8 Å². The fourth-order valence-electron chi connectivity index (χ4n) is 3.16. The molecule has 0 spiro atoms. The molecular formula is C22H16N4O2S2. The molecule has 0 aliphatic carbocycles. The van der Waals surface area contributed by atoms with Crippen LogP contribution in [0.3, 0.4) is 0 Å². The van der Waals surface area contributed by atoms with Gasteiger partial charge in [-0.05, 0) is 48.5 Å². The molecule has 3 heterocycles. The molecule has 0 aliphatic heterocycles. The average Bonchev–Trinajstić information content (AvgIpc) is 3.43. The fourth-order valence-corrected chi connectivity index (χ4v) is 4.87. The monoisotopic (exact) mass is 432 g/mol. The van der Waals surface area contributed by atoms with Gasteiger partial charge in [0.05, 0.1) is 45.3 Å². The van der Waals surface area contributed by atoms with Gasteiger partial charge in [0.1, 0.15) is 5.75 Å². The third-order valence-corrected chi connectivity index (χ3v) is 6.52. The summed E-state index contributed by atoms with van der Waals surface area (Å²) >= 11 is 2.98. The SMILES string of the molecule is COc1ccc2nc(N(Cc3ccccn3)C(=O)c3ccc4ncsc4c3)sc2c1. The van der Waals surface area contributed by atoms with Crippen LogP contribution in [0.4, 0.5) is 5.13 Å². The largest absolute Gasteiger partial charge is 0.497 e. The minimum Gasteiger partial charge on any atom is -0.497 e. The van der Waals surface area contributed by atoms with E-state index >= 15 is 0 Å². The number of thiazole rings is 2. The highest BCUT2D eigenvalue weighted by molar-refractivity contribution is 7.22. The van der Waals surface area contributed by atoms with Crippen LogP contribution in [0.5, 0.6) is 5.75 Å². The van der Waals surface area contributed by atoms with Crippen molar-refractivity contribution in [3.8, 4) is 5.75 Å². The Morgan fingerprint density at radius 1 is 1.03 bits per heavy atom. The smallest absolute Gasteiger partial charge is 0.260 e. The Kier molecular flexibility index (Phi) is 4.86. The van der Waals surface area contributed by atoms with Gasteiger partial charge in [-0.25, -0.2) is 9.97 Å². The van der Waals surface area contributed by atoms with Crippen molar-refractivity contribution in [1.82, 2.24) is 15.0 Å². The Hall–Kier alpha value is -3.36. The molecule has 0 aliphatic rings. The van der Waals surface area contributed by atoms with Crippen LogP contribution in [0, 0.1) is 0 Å². The fraction of sp³-hybridized carbons (Fsp3) is 0.0909. The third-order valence-electron chi connectivity index (χ3n) is 4.68. The molecule has 6 nitrogen and oxygen atoms in total. The lowest BCUT2D eigenvalue weighted by Crippen LogP contribution is -2.30. The minimum absolute atomic E-state index is 0.123. The third kappa shape index (κ3) is 3.51. The number of benzene rings is 2. The van der Waals surface area contributed by atoms with Crippen molar-refractivity contribution in [1.29, 1.82) is 0 Å². The quantitative estimate of drug-likeness (QED) is 0.384. The molecule has 8 heteroatoms. The van der Waals surface area contributed by atoms with E-state index in [4.69, 9.17) is 9.72 Å². The van der Waals surface area contributed by atoms with Crippen molar-refractivity contribution in [2.45, 2.75) is 6.54 Å². The summed E-state index contributed by atoms with van der Waals surface area (Å²) in [7, 11) is 1.63. The second-order valence-electron chi connectivity index (χ2n) is 6.58. The summed E-state index contributed by atoms with van der Waals surface area (Å²) < 4.78 is 7.26. The summed E-state index contributed by atoms with van der Waals surface area (Å²) in [5.74, 6) is 0.637. The number of amides is 1. The highest BCUT2D eigenvalue weighted by Crippen LogP contribution is 2.33. The van der Waals surface area contributed by atoms with Crippen LogP contribution in [0.2, 0.25) is 0 Å². The molecule has 0 radical (unpaired) electrons. The summed E-state index contributed by atoms with van der Waals surface area (Å²) in [6, 6.07) is 17.0. The van der Waals surface area contributed by atoms with Crippen LogP contribution < -0.4 is 9.64 Å². The van der Waals surface area contributed by atoms with Crippen LogP contribution in [0.25, 0.3) is 20.4 Å². The first kappa shape index (κ1) is 18.7. The van der Waals surface area contributed by atoms with Crippen LogP contribution in [0.1, 0.15) is 16.1 Å². The Balaban J connectivity index is 1.58. The van der Waals surface area contributed by atoms with Gasteiger partial charge in [-0.15, -0.1) is 11.3 Å². The van der Waals surface area contributed by atoms with Crippen molar-refractivity contribution < 1.29 is 9.53 Å². The highest BCUT2D eigenvalue weighted by atomic mass is 32.1. The number of ether oxygens (including phenoxy) is 1. The molecule has 0 atom stereocenters. The van der Waals surface area contributed by atoms with Crippen LogP contribution >= 0.6 is 22.7 Å². The molecule has 5 rings (SSSR count). The lowest BCUT2D eigenvalue weighted by molar-refractivity contribution is 0.0985.